The molecule has 0 aromatic heterocycles. The van der Waals surface area contributed by atoms with Crippen molar-refractivity contribution in [2.24, 2.45) is 0 Å². The van der Waals surface area contributed by atoms with Crippen LogP contribution in [0.4, 0.5) is 5.69 Å². The highest BCUT2D eigenvalue weighted by Crippen LogP contribution is 2.33. The number of hydrogen-bond donors (Lipinski definition) is 0. The average Bonchev–Trinajstić information content (AvgIpc) is 3.59. The number of rotatable bonds is 8. The first-order valence-corrected chi connectivity index (χ1v) is 12.2. The molecule has 1 aliphatic rings. The van der Waals surface area contributed by atoms with Gasteiger partial charge in [-0.2, -0.15) is 11.8 Å². The summed E-state index contributed by atoms with van der Waals surface area (Å²) in [7, 11) is -3.29. The summed E-state index contributed by atoms with van der Waals surface area (Å²) >= 11 is 1.64. The van der Waals surface area contributed by atoms with Gasteiger partial charge in [0, 0.05) is 23.1 Å². The molecule has 1 saturated heterocycles. The summed E-state index contributed by atoms with van der Waals surface area (Å²) in [4.78, 5) is 22.6. The van der Waals surface area contributed by atoms with Crippen LogP contribution in [0, 0.1) is 10.1 Å². The molecule has 0 aliphatic carbocycles. The molecule has 1 heterocycles. The predicted octanol–water partition coefficient (Wildman–Crippen LogP) is 4.50. The van der Waals surface area contributed by atoms with E-state index in [2.05, 4.69) is 0 Å². The molecule has 0 spiro atoms. The number of thioether (sulfide) groups is 1. The van der Waals surface area contributed by atoms with Crippen LogP contribution in [-0.4, -0.2) is 36.1 Å². The maximum Gasteiger partial charge on any atom is 0.343 e. The Kier molecular flexibility index (Phi) is 6.15. The van der Waals surface area contributed by atoms with Crippen molar-refractivity contribution >= 4 is 33.3 Å². The third-order valence-electron chi connectivity index (χ3n) is 4.57. The number of nitro groups is 1. The maximum absolute atomic E-state index is 12.3. The Labute approximate surface area is 188 Å². The molecule has 1 unspecified atom stereocenters. The Morgan fingerprint density at radius 2 is 1.47 bits per heavy atom. The highest BCUT2D eigenvalue weighted by atomic mass is 32.2. The fraction of sp³-hybridized carbons (Fsp3) is 0.136. The van der Waals surface area contributed by atoms with Crippen LogP contribution in [0.5, 0.6) is 17.2 Å². The largest absolute Gasteiger partial charge is 0.457 e. The zero-order valence-electron chi connectivity index (χ0n) is 16.5. The number of benzene rings is 3. The molecule has 3 aromatic rings. The summed E-state index contributed by atoms with van der Waals surface area (Å²) in [6.45, 7) is 0. The Morgan fingerprint density at radius 1 is 0.938 bits per heavy atom. The lowest BCUT2D eigenvalue weighted by Gasteiger charge is -2.09. The normalized spacial score (nSPS) is 15.1. The van der Waals surface area contributed by atoms with Gasteiger partial charge in [-0.3, -0.25) is 10.1 Å². The van der Waals surface area contributed by atoms with Crippen LogP contribution < -0.4 is 9.47 Å². The molecule has 0 amide bonds. The van der Waals surface area contributed by atoms with Gasteiger partial charge in [0.25, 0.3) is 5.69 Å². The van der Waals surface area contributed by atoms with Gasteiger partial charge in [0.1, 0.15) is 17.2 Å². The lowest BCUT2D eigenvalue weighted by Crippen LogP contribution is -2.10. The van der Waals surface area contributed by atoms with E-state index in [4.69, 9.17) is 9.47 Å². The van der Waals surface area contributed by atoms with Crippen molar-refractivity contribution in [2.75, 3.05) is 11.5 Å². The molecular weight excluding hydrogens is 454 g/mol. The number of non-ortho nitro benzene ring substituents is 1. The van der Waals surface area contributed by atoms with Gasteiger partial charge in [0.2, 0.25) is 0 Å². The summed E-state index contributed by atoms with van der Waals surface area (Å²) in [5, 5.41) is 10.9. The summed E-state index contributed by atoms with van der Waals surface area (Å²) in [5.74, 6) is 1.62. The van der Waals surface area contributed by atoms with Gasteiger partial charge in [-0.1, -0.05) is 0 Å². The van der Waals surface area contributed by atoms with E-state index in [0.717, 1.165) is 5.75 Å². The lowest BCUT2D eigenvalue weighted by molar-refractivity contribution is -0.384. The van der Waals surface area contributed by atoms with E-state index in [-0.39, 0.29) is 32.9 Å². The van der Waals surface area contributed by atoms with Crippen molar-refractivity contribution in [2.45, 2.75) is 10.1 Å². The lowest BCUT2D eigenvalue weighted by atomic mass is 10.2. The molecule has 164 valence electrons. The molecule has 1 aliphatic heterocycles. The predicted molar refractivity (Wildman–Crippen MR) is 119 cm³/mol. The second kappa shape index (κ2) is 9.01. The number of nitro benzene ring substituents is 1. The number of carbonyl (C=O) groups is 1. The molecule has 0 radical (unpaired) electrons. The monoisotopic (exact) mass is 471 g/mol. The van der Waals surface area contributed by atoms with Crippen LogP contribution in [0.1, 0.15) is 10.4 Å². The number of carbonyl (C=O) groups excluding carboxylic acids is 1. The standard InChI is InChI=1S/C22H17NO7S2/c24-22(15-1-3-16(4-2-15)23(25)26)30-19-7-5-17(6-8-19)29-18-9-11-21(12-10-18)32(27,28)14-20-13-31-20/h1-12,20H,13-14H2. The Hall–Kier alpha value is -3.37. The van der Waals surface area contributed by atoms with Crippen molar-refractivity contribution in [3.8, 4) is 17.2 Å². The summed E-state index contributed by atoms with van der Waals surface area (Å²) in [6.07, 6.45) is 0. The number of nitrogens with zero attached hydrogens (tertiary/aromatic N) is 1. The number of sulfone groups is 1. The third kappa shape index (κ3) is 5.45. The fourth-order valence-electron chi connectivity index (χ4n) is 2.82. The topological polar surface area (TPSA) is 113 Å². The number of esters is 1. The molecule has 8 nitrogen and oxygen atoms in total. The first-order valence-electron chi connectivity index (χ1n) is 9.49. The van der Waals surface area contributed by atoms with Crippen molar-refractivity contribution in [1.29, 1.82) is 0 Å². The maximum atomic E-state index is 12.3. The van der Waals surface area contributed by atoms with Crippen molar-refractivity contribution in [1.82, 2.24) is 0 Å². The van der Waals surface area contributed by atoms with E-state index in [9.17, 15) is 23.3 Å². The number of hydrogen-bond acceptors (Lipinski definition) is 8. The highest BCUT2D eigenvalue weighted by molar-refractivity contribution is 8.08. The molecule has 10 heteroatoms. The van der Waals surface area contributed by atoms with E-state index in [1.54, 1.807) is 48.2 Å². The molecule has 3 aromatic carbocycles. The zero-order chi connectivity index (χ0) is 22.7. The van der Waals surface area contributed by atoms with Crippen LogP contribution >= 0.6 is 11.8 Å². The minimum Gasteiger partial charge on any atom is -0.457 e. The van der Waals surface area contributed by atoms with Gasteiger partial charge in [-0.15, -0.1) is 0 Å². The Balaban J connectivity index is 1.36. The van der Waals surface area contributed by atoms with Gasteiger partial charge in [-0.25, -0.2) is 13.2 Å². The van der Waals surface area contributed by atoms with E-state index in [1.807, 2.05) is 0 Å². The van der Waals surface area contributed by atoms with Crippen molar-refractivity contribution in [3.63, 3.8) is 0 Å². The van der Waals surface area contributed by atoms with Crippen LogP contribution in [0.15, 0.2) is 77.7 Å². The van der Waals surface area contributed by atoms with Crippen LogP contribution in [0.25, 0.3) is 0 Å². The smallest absolute Gasteiger partial charge is 0.343 e. The fourth-order valence-corrected chi connectivity index (χ4v) is 5.49. The molecule has 1 fully saturated rings. The zero-order valence-corrected chi connectivity index (χ0v) is 18.2. The van der Waals surface area contributed by atoms with Crippen LogP contribution in [-0.2, 0) is 9.84 Å². The molecule has 0 bridgehead atoms. The second-order valence-corrected chi connectivity index (χ2v) is 10.3. The van der Waals surface area contributed by atoms with Gasteiger partial charge in [0.15, 0.2) is 9.84 Å². The van der Waals surface area contributed by atoms with Crippen molar-refractivity contribution in [3.05, 3.63) is 88.5 Å². The first-order chi connectivity index (χ1) is 15.3. The molecule has 1 atom stereocenters. The summed E-state index contributed by atoms with van der Waals surface area (Å²) < 4.78 is 35.6. The van der Waals surface area contributed by atoms with Crippen LogP contribution in [0.2, 0.25) is 0 Å². The van der Waals surface area contributed by atoms with E-state index >= 15 is 0 Å². The molecule has 0 N–H and O–H groups in total. The SMILES string of the molecule is O=C(Oc1ccc(Oc2ccc(S(=O)(=O)CC3CS3)cc2)cc1)c1ccc([N+](=O)[O-])cc1. The van der Waals surface area contributed by atoms with Gasteiger partial charge in [0.05, 0.1) is 21.1 Å². The van der Waals surface area contributed by atoms with E-state index in [1.165, 1.54) is 36.4 Å². The Bertz CT molecular complexity index is 1230. The van der Waals surface area contributed by atoms with Gasteiger partial charge in [-0.05, 0) is 60.7 Å². The summed E-state index contributed by atoms with van der Waals surface area (Å²) in [5.41, 5.74) is 0.0712. The van der Waals surface area contributed by atoms with E-state index in [0.29, 0.717) is 11.5 Å². The number of ether oxygens (including phenoxy) is 2. The Morgan fingerprint density at radius 3 is 2.00 bits per heavy atom. The second-order valence-electron chi connectivity index (χ2n) is 6.98. The van der Waals surface area contributed by atoms with Crippen LogP contribution in [0.3, 0.4) is 0 Å². The summed E-state index contributed by atoms with van der Waals surface area (Å²) in [6, 6.07) is 17.7. The minimum absolute atomic E-state index is 0.115. The average molecular weight is 472 g/mol. The molecule has 4 rings (SSSR count). The highest BCUT2D eigenvalue weighted by Gasteiger charge is 2.29. The van der Waals surface area contributed by atoms with Gasteiger partial charge < -0.3 is 9.47 Å². The van der Waals surface area contributed by atoms with E-state index < -0.39 is 20.7 Å². The quantitative estimate of drug-likeness (QED) is 0.155. The first kappa shape index (κ1) is 21.8. The molecule has 32 heavy (non-hydrogen) atoms. The molecule has 0 saturated carbocycles. The molecular formula is C22H17NO7S2. The van der Waals surface area contributed by atoms with Gasteiger partial charge >= 0.3 is 5.97 Å². The minimum atomic E-state index is -3.29. The third-order valence-corrected chi connectivity index (χ3v) is 7.59. The van der Waals surface area contributed by atoms with Crippen molar-refractivity contribution < 1.29 is 27.6 Å².